The molecule has 0 aromatic heterocycles. The predicted molar refractivity (Wildman–Crippen MR) is 61.5 cm³/mol. The molecule has 0 aromatic rings. The number of hydrogen-bond donors (Lipinski definition) is 1. The van der Waals surface area contributed by atoms with Crippen LogP contribution >= 0.6 is 0 Å². The lowest BCUT2D eigenvalue weighted by atomic mass is 10.1. The number of aliphatic imine (C=N–C) groups is 1. The average Bonchev–Trinajstić information content (AvgIpc) is 2.66. The molecule has 1 fully saturated rings. The molecule has 2 heterocycles. The highest BCUT2D eigenvalue weighted by Gasteiger charge is 2.25. The van der Waals surface area contributed by atoms with Crippen LogP contribution in [-0.2, 0) is 0 Å². The monoisotopic (exact) mass is 206 g/mol. The molecule has 15 heavy (non-hydrogen) atoms. The van der Waals surface area contributed by atoms with E-state index in [4.69, 9.17) is 12.2 Å². The van der Waals surface area contributed by atoms with E-state index in [2.05, 4.69) is 20.7 Å². The first-order valence-electron chi connectivity index (χ1n) is 5.54. The van der Waals surface area contributed by atoms with Crippen molar-refractivity contribution in [1.29, 1.82) is 0 Å². The fourth-order valence-corrected chi connectivity index (χ4v) is 2.22. The summed E-state index contributed by atoms with van der Waals surface area (Å²) in [6.45, 7) is 4.45. The molecule has 2 aliphatic rings. The molecule has 0 amide bonds. The second-order valence-corrected chi connectivity index (χ2v) is 4.16. The van der Waals surface area contributed by atoms with Gasteiger partial charge in [0.2, 0.25) is 0 Å². The molecule has 2 rings (SSSR count). The number of nitrogens with zero attached hydrogens (tertiary/aromatic N) is 3. The van der Waals surface area contributed by atoms with E-state index in [0.717, 1.165) is 45.0 Å². The van der Waals surface area contributed by atoms with Crippen LogP contribution in [0.3, 0.4) is 0 Å². The Bertz CT molecular complexity index is 291. The number of terminal acetylenes is 1. The number of likely N-dealkylation sites (tertiary alicyclic amines) is 1. The average molecular weight is 206 g/mol. The SMILES string of the molecule is C#CCN1CCN=C1N1CCCC(N)C1. The van der Waals surface area contributed by atoms with Crippen LogP contribution in [0.1, 0.15) is 12.8 Å². The number of nitrogens with two attached hydrogens (primary N) is 1. The van der Waals surface area contributed by atoms with Gasteiger partial charge in [0, 0.05) is 25.7 Å². The summed E-state index contributed by atoms with van der Waals surface area (Å²) in [4.78, 5) is 8.95. The van der Waals surface area contributed by atoms with Crippen molar-refractivity contribution >= 4 is 5.96 Å². The minimum Gasteiger partial charge on any atom is -0.341 e. The smallest absolute Gasteiger partial charge is 0.197 e. The number of piperidine rings is 1. The van der Waals surface area contributed by atoms with E-state index < -0.39 is 0 Å². The topological polar surface area (TPSA) is 44.9 Å². The fraction of sp³-hybridized carbons (Fsp3) is 0.727. The second kappa shape index (κ2) is 4.54. The van der Waals surface area contributed by atoms with Gasteiger partial charge in [-0.3, -0.25) is 4.99 Å². The lowest BCUT2D eigenvalue weighted by molar-refractivity contribution is 0.279. The van der Waals surface area contributed by atoms with Gasteiger partial charge in [0.25, 0.3) is 0 Å². The van der Waals surface area contributed by atoms with Gasteiger partial charge in [-0.2, -0.15) is 0 Å². The van der Waals surface area contributed by atoms with Crippen molar-refractivity contribution in [2.24, 2.45) is 10.7 Å². The van der Waals surface area contributed by atoms with Gasteiger partial charge in [0.15, 0.2) is 5.96 Å². The minimum atomic E-state index is 0.287. The Morgan fingerprint density at radius 1 is 1.53 bits per heavy atom. The summed E-state index contributed by atoms with van der Waals surface area (Å²) in [5.74, 6) is 3.74. The largest absolute Gasteiger partial charge is 0.341 e. The number of guanidine groups is 1. The van der Waals surface area contributed by atoms with Gasteiger partial charge in [-0.05, 0) is 12.8 Å². The Kier molecular flexibility index (Phi) is 3.12. The molecule has 4 nitrogen and oxygen atoms in total. The zero-order valence-electron chi connectivity index (χ0n) is 9.02. The molecule has 0 spiro atoms. The third-order valence-corrected chi connectivity index (χ3v) is 2.93. The molecule has 1 atom stereocenters. The van der Waals surface area contributed by atoms with E-state index >= 15 is 0 Å². The molecule has 0 bridgehead atoms. The maximum Gasteiger partial charge on any atom is 0.197 e. The molecule has 2 aliphatic heterocycles. The first-order valence-corrected chi connectivity index (χ1v) is 5.54. The van der Waals surface area contributed by atoms with Crippen LogP contribution < -0.4 is 5.73 Å². The van der Waals surface area contributed by atoms with Gasteiger partial charge < -0.3 is 15.5 Å². The van der Waals surface area contributed by atoms with Gasteiger partial charge in [0.05, 0.1) is 13.1 Å². The summed E-state index contributed by atoms with van der Waals surface area (Å²) in [7, 11) is 0. The molecule has 1 saturated heterocycles. The standard InChI is InChI=1S/C11H18N4/c1-2-6-14-8-5-13-11(14)15-7-3-4-10(12)9-15/h1,10H,3-9,12H2. The Morgan fingerprint density at radius 3 is 3.13 bits per heavy atom. The third kappa shape index (κ3) is 2.24. The zero-order valence-corrected chi connectivity index (χ0v) is 9.02. The molecule has 0 radical (unpaired) electrons. The third-order valence-electron chi connectivity index (χ3n) is 2.93. The van der Waals surface area contributed by atoms with Crippen LogP contribution in [-0.4, -0.2) is 54.5 Å². The molecule has 1 unspecified atom stereocenters. The summed E-state index contributed by atoms with van der Waals surface area (Å²) < 4.78 is 0. The van der Waals surface area contributed by atoms with Crippen LogP contribution in [0.25, 0.3) is 0 Å². The maximum atomic E-state index is 5.96. The van der Waals surface area contributed by atoms with Crippen molar-refractivity contribution in [3.8, 4) is 12.3 Å². The van der Waals surface area contributed by atoms with Gasteiger partial charge in [-0.15, -0.1) is 6.42 Å². The highest BCUT2D eigenvalue weighted by Crippen LogP contribution is 2.13. The first-order chi connectivity index (χ1) is 7.31. The van der Waals surface area contributed by atoms with Gasteiger partial charge in [-0.1, -0.05) is 5.92 Å². The summed E-state index contributed by atoms with van der Waals surface area (Å²) in [5, 5.41) is 0. The van der Waals surface area contributed by atoms with Crippen molar-refractivity contribution in [3.05, 3.63) is 0 Å². The van der Waals surface area contributed by atoms with E-state index in [1.54, 1.807) is 0 Å². The minimum absolute atomic E-state index is 0.287. The van der Waals surface area contributed by atoms with E-state index in [1.807, 2.05) is 0 Å². The van der Waals surface area contributed by atoms with Crippen LogP contribution in [0.4, 0.5) is 0 Å². The molecule has 2 N–H and O–H groups in total. The van der Waals surface area contributed by atoms with Gasteiger partial charge in [0.1, 0.15) is 0 Å². The lowest BCUT2D eigenvalue weighted by Crippen LogP contribution is -2.50. The summed E-state index contributed by atoms with van der Waals surface area (Å²) >= 11 is 0. The highest BCUT2D eigenvalue weighted by atomic mass is 15.4. The highest BCUT2D eigenvalue weighted by molar-refractivity contribution is 5.82. The van der Waals surface area contributed by atoms with E-state index in [9.17, 15) is 0 Å². The van der Waals surface area contributed by atoms with Crippen molar-refractivity contribution in [3.63, 3.8) is 0 Å². The van der Waals surface area contributed by atoms with Crippen LogP contribution in [0.15, 0.2) is 4.99 Å². The predicted octanol–water partition coefficient (Wildman–Crippen LogP) is -0.286. The molecular weight excluding hydrogens is 188 g/mol. The summed E-state index contributed by atoms with van der Waals surface area (Å²) in [5.41, 5.74) is 5.96. The molecule has 0 saturated carbocycles. The van der Waals surface area contributed by atoms with Crippen LogP contribution in [0.2, 0.25) is 0 Å². The molecular formula is C11H18N4. The van der Waals surface area contributed by atoms with Gasteiger partial charge in [-0.25, -0.2) is 0 Å². The Balaban J connectivity index is 2.00. The van der Waals surface area contributed by atoms with Crippen LogP contribution in [0.5, 0.6) is 0 Å². The number of hydrogen-bond acceptors (Lipinski definition) is 4. The Hall–Kier alpha value is -1.21. The van der Waals surface area contributed by atoms with E-state index in [0.29, 0.717) is 6.54 Å². The Morgan fingerprint density at radius 2 is 2.40 bits per heavy atom. The molecule has 82 valence electrons. The normalized spacial score (nSPS) is 26.4. The zero-order chi connectivity index (χ0) is 10.7. The number of rotatable bonds is 1. The van der Waals surface area contributed by atoms with Crippen molar-refractivity contribution in [1.82, 2.24) is 9.80 Å². The van der Waals surface area contributed by atoms with Crippen molar-refractivity contribution in [2.45, 2.75) is 18.9 Å². The van der Waals surface area contributed by atoms with E-state index in [-0.39, 0.29) is 6.04 Å². The molecule has 4 heteroatoms. The van der Waals surface area contributed by atoms with Crippen molar-refractivity contribution in [2.75, 3.05) is 32.7 Å². The fourth-order valence-electron chi connectivity index (χ4n) is 2.22. The quantitative estimate of drug-likeness (QED) is 0.600. The first kappa shape index (κ1) is 10.3. The van der Waals surface area contributed by atoms with Crippen LogP contribution in [0, 0.1) is 12.3 Å². The summed E-state index contributed by atoms with van der Waals surface area (Å²) in [6, 6.07) is 0.287. The molecule has 0 aliphatic carbocycles. The van der Waals surface area contributed by atoms with Crippen molar-refractivity contribution < 1.29 is 0 Å². The lowest BCUT2D eigenvalue weighted by Gasteiger charge is -2.35. The second-order valence-electron chi connectivity index (χ2n) is 4.16. The van der Waals surface area contributed by atoms with Gasteiger partial charge >= 0.3 is 0 Å². The van der Waals surface area contributed by atoms with E-state index in [1.165, 1.54) is 0 Å². The summed E-state index contributed by atoms with van der Waals surface area (Å²) in [6.07, 6.45) is 7.62. The maximum absolute atomic E-state index is 5.96. The molecule has 0 aromatic carbocycles. The Labute approximate surface area is 91.1 Å².